The summed E-state index contributed by atoms with van der Waals surface area (Å²) in [6, 6.07) is 0. The van der Waals surface area contributed by atoms with Crippen LogP contribution in [0.4, 0.5) is 0 Å². The Balaban J connectivity index is 2.74. The molecule has 0 radical (unpaired) electrons. The average Bonchev–Trinajstić information content (AvgIpc) is 2.21. The number of nitrogens with one attached hydrogen (secondary N) is 1. The Morgan fingerprint density at radius 1 is 1.50 bits per heavy atom. The van der Waals surface area contributed by atoms with Crippen molar-refractivity contribution in [3.8, 4) is 0 Å². The molecular weight excluding hydrogens is 270 g/mol. The van der Waals surface area contributed by atoms with Crippen molar-refractivity contribution in [2.75, 3.05) is 31.5 Å². The van der Waals surface area contributed by atoms with Gasteiger partial charge in [0.15, 0.2) is 0 Å². The van der Waals surface area contributed by atoms with Gasteiger partial charge in [-0.05, 0) is 20.3 Å². The van der Waals surface area contributed by atoms with Crippen molar-refractivity contribution in [2.45, 2.75) is 25.8 Å². The molecule has 0 aromatic heterocycles. The molecule has 0 amide bonds. The molecule has 1 saturated heterocycles. The summed E-state index contributed by atoms with van der Waals surface area (Å²) in [6.45, 7) is 5.62. The van der Waals surface area contributed by atoms with Crippen LogP contribution in [-0.2, 0) is 9.09 Å². The number of hydrogen-bond donors (Lipinski definition) is 1. The number of hydrogen-bond acceptors (Lipinski definition) is 2. The lowest BCUT2D eigenvalue weighted by atomic mass is 10.1. The van der Waals surface area contributed by atoms with Crippen LogP contribution in [0.5, 0.6) is 0 Å². The maximum Gasteiger partial charge on any atom is 0.343 e. The predicted molar refractivity (Wildman–Crippen MR) is 68.4 cm³/mol. The van der Waals surface area contributed by atoms with E-state index in [1.54, 1.807) is 4.67 Å². The fourth-order valence-electron chi connectivity index (χ4n) is 1.51. The summed E-state index contributed by atoms with van der Waals surface area (Å²) in [5.74, 6) is 0.811. The first-order valence-corrected chi connectivity index (χ1v) is 7.99. The first-order valence-electron chi connectivity index (χ1n) is 5.35. The zero-order valence-electron chi connectivity index (χ0n) is 9.71. The third-order valence-electron chi connectivity index (χ3n) is 2.32. The van der Waals surface area contributed by atoms with E-state index in [-0.39, 0.29) is 0 Å². The molecule has 0 aromatic carbocycles. The maximum atomic E-state index is 12.6. The molecule has 1 N–H and O–H groups in total. The van der Waals surface area contributed by atoms with Gasteiger partial charge in [-0.3, -0.25) is 4.57 Å². The average molecular weight is 289 g/mol. The van der Waals surface area contributed by atoms with Crippen LogP contribution in [-0.4, -0.2) is 41.7 Å². The number of halogens is 2. The Morgan fingerprint density at radius 2 is 2.19 bits per heavy atom. The fraction of sp³-hybridized carbons (Fsp3) is 1.00. The van der Waals surface area contributed by atoms with Crippen molar-refractivity contribution in [2.24, 2.45) is 0 Å². The molecule has 1 rings (SSSR count). The smallest absolute Gasteiger partial charge is 0.306 e. The minimum Gasteiger partial charge on any atom is -0.306 e. The quantitative estimate of drug-likeness (QED) is 0.624. The number of rotatable bonds is 5. The van der Waals surface area contributed by atoms with Crippen molar-refractivity contribution in [1.82, 2.24) is 9.76 Å². The monoisotopic (exact) mass is 288 g/mol. The maximum absolute atomic E-state index is 12.6. The Bertz CT molecular complexity index is 274. The van der Waals surface area contributed by atoms with Gasteiger partial charge < -0.3 is 4.52 Å². The first kappa shape index (κ1) is 14.7. The Labute approximate surface area is 107 Å². The zero-order chi connectivity index (χ0) is 12.2. The molecule has 1 aliphatic rings. The molecule has 0 bridgehead atoms. The highest BCUT2D eigenvalue weighted by atomic mass is 35.5. The van der Waals surface area contributed by atoms with E-state index in [2.05, 4.69) is 5.09 Å². The van der Waals surface area contributed by atoms with Gasteiger partial charge in [0.25, 0.3) is 0 Å². The molecule has 16 heavy (non-hydrogen) atoms. The summed E-state index contributed by atoms with van der Waals surface area (Å²) in [7, 11) is -2.96. The van der Waals surface area contributed by atoms with Gasteiger partial charge in [0.2, 0.25) is 0 Å². The van der Waals surface area contributed by atoms with Gasteiger partial charge in [-0.15, -0.1) is 23.2 Å². The molecule has 0 aliphatic carbocycles. The minimum absolute atomic E-state index is 0.370. The van der Waals surface area contributed by atoms with Crippen LogP contribution in [0.2, 0.25) is 0 Å². The topological polar surface area (TPSA) is 41.6 Å². The molecule has 96 valence electrons. The van der Waals surface area contributed by atoms with Crippen LogP contribution in [0.3, 0.4) is 0 Å². The van der Waals surface area contributed by atoms with E-state index in [9.17, 15) is 4.57 Å². The van der Waals surface area contributed by atoms with Gasteiger partial charge in [-0.25, -0.2) is 9.76 Å². The Kier molecular flexibility index (Phi) is 5.56. The SMILES string of the molecule is CC(C)(CCl)NP1(=O)OCCCN1CCCl. The van der Waals surface area contributed by atoms with Crippen molar-refractivity contribution in [3.63, 3.8) is 0 Å². The van der Waals surface area contributed by atoms with Crippen LogP contribution < -0.4 is 5.09 Å². The molecule has 1 aliphatic heterocycles. The fourth-order valence-corrected chi connectivity index (χ4v) is 4.34. The van der Waals surface area contributed by atoms with Crippen molar-refractivity contribution >= 4 is 30.9 Å². The van der Waals surface area contributed by atoms with Crippen molar-refractivity contribution < 1.29 is 9.09 Å². The van der Waals surface area contributed by atoms with E-state index >= 15 is 0 Å². The standard InChI is InChI=1S/C9H19Cl2N2O2P/c1-9(2,8-11)12-16(14)13(6-4-10)5-3-7-15-16/h3-8H2,1-2H3,(H,12,14). The van der Waals surface area contributed by atoms with E-state index in [1.165, 1.54) is 0 Å². The second-order valence-corrected chi connectivity index (χ2v) is 7.21. The normalized spacial score (nSPS) is 28.2. The Morgan fingerprint density at radius 3 is 2.75 bits per heavy atom. The summed E-state index contributed by atoms with van der Waals surface area (Å²) in [6.07, 6.45) is 0.879. The second-order valence-electron chi connectivity index (χ2n) is 4.48. The van der Waals surface area contributed by atoms with Gasteiger partial charge in [0, 0.05) is 30.4 Å². The zero-order valence-corrected chi connectivity index (χ0v) is 12.1. The largest absolute Gasteiger partial charge is 0.343 e. The van der Waals surface area contributed by atoms with E-state index in [4.69, 9.17) is 27.7 Å². The number of alkyl halides is 2. The van der Waals surface area contributed by atoms with E-state index in [1.807, 2.05) is 13.8 Å². The summed E-state index contributed by atoms with van der Waals surface area (Å²) in [5.41, 5.74) is -0.418. The summed E-state index contributed by atoms with van der Waals surface area (Å²) < 4.78 is 19.8. The molecule has 1 heterocycles. The molecule has 4 nitrogen and oxygen atoms in total. The molecule has 1 atom stereocenters. The predicted octanol–water partition coefficient (Wildman–Crippen LogP) is 2.66. The minimum atomic E-state index is -2.96. The second kappa shape index (κ2) is 6.03. The molecule has 0 aromatic rings. The van der Waals surface area contributed by atoms with Gasteiger partial charge in [0.1, 0.15) is 0 Å². The Hall–Kier alpha value is 0.690. The third-order valence-corrected chi connectivity index (χ3v) is 5.72. The van der Waals surface area contributed by atoms with Crippen LogP contribution in [0.15, 0.2) is 0 Å². The van der Waals surface area contributed by atoms with Crippen LogP contribution in [0.1, 0.15) is 20.3 Å². The summed E-state index contributed by atoms with van der Waals surface area (Å²) >= 11 is 11.5. The highest BCUT2D eigenvalue weighted by Gasteiger charge is 2.38. The third kappa shape index (κ3) is 3.86. The molecule has 0 spiro atoms. The summed E-state index contributed by atoms with van der Waals surface area (Å²) in [5, 5.41) is 3.02. The lowest BCUT2D eigenvalue weighted by molar-refractivity contribution is 0.196. The molecular formula is C9H19Cl2N2O2P. The van der Waals surface area contributed by atoms with Crippen LogP contribution in [0.25, 0.3) is 0 Å². The highest BCUT2D eigenvalue weighted by molar-refractivity contribution is 7.54. The molecule has 7 heteroatoms. The number of nitrogens with zero attached hydrogens (tertiary/aromatic N) is 1. The molecule has 1 unspecified atom stereocenters. The molecule has 0 saturated carbocycles. The van der Waals surface area contributed by atoms with Crippen LogP contribution >= 0.6 is 30.9 Å². The lowest BCUT2D eigenvalue weighted by Gasteiger charge is -2.39. The summed E-state index contributed by atoms with van der Waals surface area (Å²) in [4.78, 5) is 0. The van der Waals surface area contributed by atoms with Gasteiger partial charge in [-0.1, -0.05) is 0 Å². The lowest BCUT2D eigenvalue weighted by Crippen LogP contribution is -2.45. The molecule has 1 fully saturated rings. The van der Waals surface area contributed by atoms with Crippen molar-refractivity contribution in [3.05, 3.63) is 0 Å². The van der Waals surface area contributed by atoms with Crippen LogP contribution in [0, 0.1) is 0 Å². The van der Waals surface area contributed by atoms with Gasteiger partial charge in [0.05, 0.1) is 6.61 Å². The van der Waals surface area contributed by atoms with Gasteiger partial charge in [-0.2, -0.15) is 0 Å². The van der Waals surface area contributed by atoms with E-state index in [0.29, 0.717) is 24.9 Å². The van der Waals surface area contributed by atoms with E-state index in [0.717, 1.165) is 13.0 Å². The first-order chi connectivity index (χ1) is 7.43. The van der Waals surface area contributed by atoms with Gasteiger partial charge >= 0.3 is 7.67 Å². The van der Waals surface area contributed by atoms with Crippen molar-refractivity contribution in [1.29, 1.82) is 0 Å². The highest BCUT2D eigenvalue weighted by Crippen LogP contribution is 2.50. The van der Waals surface area contributed by atoms with E-state index < -0.39 is 13.2 Å².